The second-order valence-electron chi connectivity index (χ2n) is 4.22. The minimum Gasteiger partial charge on any atom is -0.462 e. The van der Waals surface area contributed by atoms with Crippen molar-refractivity contribution < 1.29 is 14.3 Å². The highest BCUT2D eigenvalue weighted by Gasteiger charge is 2.14. The number of carbonyl (C=O) groups excluding carboxylic acids is 2. The lowest BCUT2D eigenvalue weighted by molar-refractivity contribution is 0.0526. The second-order valence-corrected chi connectivity index (χ2v) is 5.25. The van der Waals surface area contributed by atoms with Crippen molar-refractivity contribution in [3.05, 3.63) is 40.4 Å². The largest absolute Gasteiger partial charge is 0.462 e. The molecular formula is C14H15N3O3S. The van der Waals surface area contributed by atoms with Crippen LogP contribution in [0.4, 0.5) is 10.8 Å². The maximum atomic E-state index is 12.1. The van der Waals surface area contributed by atoms with Gasteiger partial charge in [0, 0.05) is 5.69 Å². The molecule has 6 nitrogen and oxygen atoms in total. The summed E-state index contributed by atoms with van der Waals surface area (Å²) in [5.74, 6) is -0.660. The van der Waals surface area contributed by atoms with Crippen molar-refractivity contribution in [1.82, 2.24) is 4.98 Å². The molecule has 0 unspecified atom stereocenters. The number of nitrogens with one attached hydrogen (secondary N) is 1. The Hall–Kier alpha value is -2.41. The van der Waals surface area contributed by atoms with Crippen molar-refractivity contribution in [3.8, 4) is 0 Å². The number of hydrogen-bond donors (Lipinski definition) is 2. The molecule has 0 atom stereocenters. The highest BCUT2D eigenvalue weighted by atomic mass is 32.1. The fourth-order valence-electron chi connectivity index (χ4n) is 1.72. The molecule has 0 saturated heterocycles. The normalized spacial score (nSPS) is 10.2. The molecule has 1 heterocycles. The molecule has 2 aromatic rings. The Labute approximate surface area is 125 Å². The van der Waals surface area contributed by atoms with Crippen LogP contribution in [0.25, 0.3) is 0 Å². The van der Waals surface area contributed by atoms with E-state index in [1.807, 2.05) is 0 Å². The van der Waals surface area contributed by atoms with Gasteiger partial charge in [0.05, 0.1) is 17.9 Å². The average Bonchev–Trinajstić information content (AvgIpc) is 2.79. The monoisotopic (exact) mass is 305 g/mol. The zero-order valence-corrected chi connectivity index (χ0v) is 12.5. The van der Waals surface area contributed by atoms with E-state index in [-0.39, 0.29) is 11.9 Å². The maximum Gasteiger partial charge on any atom is 0.338 e. The van der Waals surface area contributed by atoms with E-state index in [9.17, 15) is 9.59 Å². The number of amides is 1. The Morgan fingerprint density at radius 2 is 2.00 bits per heavy atom. The van der Waals surface area contributed by atoms with E-state index in [1.54, 1.807) is 38.1 Å². The van der Waals surface area contributed by atoms with Crippen molar-refractivity contribution in [2.24, 2.45) is 0 Å². The minimum absolute atomic E-state index is 0.273. The molecule has 3 N–H and O–H groups in total. The number of nitrogens with two attached hydrogens (primary N) is 1. The molecule has 0 aliphatic rings. The number of ether oxygens (including phenoxy) is 1. The van der Waals surface area contributed by atoms with E-state index in [0.29, 0.717) is 33.6 Å². The highest BCUT2D eigenvalue weighted by molar-refractivity contribution is 7.17. The van der Waals surface area contributed by atoms with Crippen LogP contribution in [0.1, 0.15) is 32.6 Å². The molecule has 2 rings (SSSR count). The first-order valence-corrected chi connectivity index (χ1v) is 7.14. The summed E-state index contributed by atoms with van der Waals surface area (Å²) in [6.45, 7) is 3.80. The van der Waals surface area contributed by atoms with Crippen LogP contribution < -0.4 is 11.1 Å². The molecule has 0 spiro atoms. The van der Waals surface area contributed by atoms with Crippen molar-refractivity contribution in [1.29, 1.82) is 0 Å². The summed E-state index contributed by atoms with van der Waals surface area (Å²) in [5.41, 5.74) is 7.18. The van der Waals surface area contributed by atoms with Crippen molar-refractivity contribution >= 4 is 34.0 Å². The van der Waals surface area contributed by atoms with E-state index < -0.39 is 0 Å². The molecule has 110 valence electrons. The lowest BCUT2D eigenvalue weighted by Crippen LogP contribution is -2.12. The number of aryl methyl sites for hydroxylation is 1. The van der Waals surface area contributed by atoms with Gasteiger partial charge in [-0.15, -0.1) is 0 Å². The topological polar surface area (TPSA) is 94.3 Å². The lowest BCUT2D eigenvalue weighted by Gasteiger charge is -2.05. The quantitative estimate of drug-likeness (QED) is 0.846. The molecule has 7 heteroatoms. The third-order valence-electron chi connectivity index (χ3n) is 2.67. The zero-order valence-electron chi connectivity index (χ0n) is 11.7. The second kappa shape index (κ2) is 6.36. The molecule has 0 saturated carbocycles. The fourth-order valence-corrected chi connectivity index (χ4v) is 2.45. The van der Waals surface area contributed by atoms with Crippen LogP contribution in [0.2, 0.25) is 0 Å². The van der Waals surface area contributed by atoms with Crippen LogP contribution in [0.5, 0.6) is 0 Å². The molecule has 0 radical (unpaired) electrons. The van der Waals surface area contributed by atoms with Crippen LogP contribution in [0.3, 0.4) is 0 Å². The fraction of sp³-hybridized carbons (Fsp3) is 0.214. The predicted molar refractivity (Wildman–Crippen MR) is 81.6 cm³/mol. The van der Waals surface area contributed by atoms with Gasteiger partial charge in [-0.25, -0.2) is 9.78 Å². The molecule has 0 bridgehead atoms. The summed E-state index contributed by atoms with van der Waals surface area (Å²) < 4.78 is 4.89. The van der Waals surface area contributed by atoms with E-state index in [0.717, 1.165) is 11.3 Å². The van der Waals surface area contributed by atoms with Gasteiger partial charge in [-0.2, -0.15) is 0 Å². The summed E-state index contributed by atoms with van der Waals surface area (Å²) in [6.07, 6.45) is 0. The Morgan fingerprint density at radius 1 is 1.33 bits per heavy atom. The molecule has 1 aromatic carbocycles. The summed E-state index contributed by atoms with van der Waals surface area (Å²) in [5, 5.41) is 3.09. The Kier molecular flexibility index (Phi) is 4.54. The first-order valence-electron chi connectivity index (χ1n) is 6.32. The smallest absolute Gasteiger partial charge is 0.338 e. The van der Waals surface area contributed by atoms with Gasteiger partial charge in [0.1, 0.15) is 4.88 Å². The molecular weight excluding hydrogens is 290 g/mol. The number of nitrogen functional groups attached to an aromatic ring is 1. The number of nitrogens with zero attached hydrogens (tertiary/aromatic N) is 1. The first-order chi connectivity index (χ1) is 10.0. The van der Waals surface area contributed by atoms with Crippen molar-refractivity contribution in [2.75, 3.05) is 17.7 Å². The number of rotatable bonds is 4. The molecule has 21 heavy (non-hydrogen) atoms. The number of benzene rings is 1. The molecule has 0 aliphatic carbocycles. The highest BCUT2D eigenvalue weighted by Crippen LogP contribution is 2.21. The Balaban J connectivity index is 2.08. The standard InChI is InChI=1S/C14H15N3O3S/c1-3-20-13(19)9-4-6-10(7-5-9)17-12(18)11-8(2)16-14(15)21-11/h4-7H,3H2,1-2H3,(H2,15,16)(H,17,18). The van der Waals surface area contributed by atoms with Crippen molar-refractivity contribution in [2.45, 2.75) is 13.8 Å². The Bertz CT molecular complexity index is 665. The van der Waals surface area contributed by atoms with E-state index >= 15 is 0 Å². The van der Waals surface area contributed by atoms with Crippen LogP contribution in [-0.4, -0.2) is 23.5 Å². The predicted octanol–water partition coefficient (Wildman–Crippen LogP) is 2.46. The number of esters is 1. The molecule has 0 aliphatic heterocycles. The van der Waals surface area contributed by atoms with Crippen LogP contribution in [0, 0.1) is 6.92 Å². The summed E-state index contributed by atoms with van der Waals surface area (Å²) in [7, 11) is 0. The van der Waals surface area contributed by atoms with Gasteiger partial charge < -0.3 is 15.8 Å². The van der Waals surface area contributed by atoms with Crippen LogP contribution in [0.15, 0.2) is 24.3 Å². The number of hydrogen-bond acceptors (Lipinski definition) is 6. The summed E-state index contributed by atoms with van der Waals surface area (Å²) in [6, 6.07) is 6.48. The van der Waals surface area contributed by atoms with Gasteiger partial charge in [0.15, 0.2) is 5.13 Å². The van der Waals surface area contributed by atoms with Gasteiger partial charge >= 0.3 is 5.97 Å². The minimum atomic E-state index is -0.388. The van der Waals surface area contributed by atoms with Gasteiger partial charge in [0.2, 0.25) is 0 Å². The van der Waals surface area contributed by atoms with Gasteiger partial charge in [-0.05, 0) is 38.1 Å². The average molecular weight is 305 g/mol. The third kappa shape index (κ3) is 3.57. The first kappa shape index (κ1) is 15.0. The molecule has 0 fully saturated rings. The zero-order chi connectivity index (χ0) is 15.4. The summed E-state index contributed by atoms with van der Waals surface area (Å²) >= 11 is 1.14. The third-order valence-corrected chi connectivity index (χ3v) is 3.66. The van der Waals surface area contributed by atoms with Crippen LogP contribution in [-0.2, 0) is 4.74 Å². The molecule has 1 aromatic heterocycles. The SMILES string of the molecule is CCOC(=O)c1ccc(NC(=O)c2sc(N)nc2C)cc1. The van der Waals surface area contributed by atoms with Gasteiger partial charge in [0.25, 0.3) is 5.91 Å². The van der Waals surface area contributed by atoms with Gasteiger partial charge in [-0.3, -0.25) is 4.79 Å². The van der Waals surface area contributed by atoms with Crippen LogP contribution >= 0.6 is 11.3 Å². The number of aromatic nitrogens is 1. The molecule has 1 amide bonds. The van der Waals surface area contributed by atoms with Gasteiger partial charge in [-0.1, -0.05) is 11.3 Å². The summed E-state index contributed by atoms with van der Waals surface area (Å²) in [4.78, 5) is 28.1. The van der Waals surface area contributed by atoms with E-state index in [1.165, 1.54) is 0 Å². The Morgan fingerprint density at radius 3 is 2.52 bits per heavy atom. The lowest BCUT2D eigenvalue weighted by atomic mass is 10.2. The van der Waals surface area contributed by atoms with Crippen molar-refractivity contribution in [3.63, 3.8) is 0 Å². The number of thiazole rings is 1. The maximum absolute atomic E-state index is 12.1. The van der Waals surface area contributed by atoms with E-state index in [2.05, 4.69) is 10.3 Å². The van der Waals surface area contributed by atoms with E-state index in [4.69, 9.17) is 10.5 Å². The number of carbonyl (C=O) groups is 2. The number of anilines is 2.